The monoisotopic (exact) mass is 1090 g/mol. The molecule has 3 aromatic heterocycles. The maximum absolute atomic E-state index is 2.55. The van der Waals surface area contributed by atoms with E-state index in [0.29, 0.717) is 0 Å². The molecule has 0 atom stereocenters. The van der Waals surface area contributed by atoms with Crippen LogP contribution >= 0.6 is 0 Å². The molecule has 85 heavy (non-hydrogen) atoms. The predicted molar refractivity (Wildman–Crippen MR) is 357 cm³/mol. The maximum Gasteiger partial charge on any atom is 0.0582 e. The van der Waals surface area contributed by atoms with E-state index >= 15 is 0 Å². The van der Waals surface area contributed by atoms with Crippen LogP contribution in [0.25, 0.3) is 116 Å². The van der Waals surface area contributed by atoms with Crippen molar-refractivity contribution >= 4 is 82.5 Å². The van der Waals surface area contributed by atoms with Gasteiger partial charge in [-0.25, -0.2) is 0 Å². The lowest BCUT2D eigenvalue weighted by molar-refractivity contribution is 0.630. The zero-order valence-electron chi connectivity index (χ0n) is 48.5. The largest absolute Gasteiger partial charge is 0.310 e. The Hall–Kier alpha value is -10.2. The normalized spacial score (nSPS) is 14.8. The molecule has 3 aliphatic rings. The standard InChI is InChI=1S/C81H60N4/c1-79(2)64-28-16-19-31-73(64)83-70-37-34-55(46-58(70)61-40-52(43-67(79)76(61)83)49-22-10-7-11-23-49)82(56-35-38-71-59(47-56)62-41-53(50-24-12-8-13-25-50)44-68-77(62)84(71)74-32-20-17-29-65(74)80(68,3)4)57-36-39-72-60(48-57)63-42-54(51-26-14-9-15-27-51)45-69-78(63)85(72)75-33-21-18-30-66(75)81(69,5)6/h7-48H,1-6H3. The Morgan fingerprint density at radius 2 is 0.506 bits per heavy atom. The molecule has 15 aromatic rings. The fourth-order valence-corrected chi connectivity index (χ4v) is 15.9. The maximum atomic E-state index is 2.55. The molecule has 3 aliphatic heterocycles. The molecule has 0 fully saturated rings. The van der Waals surface area contributed by atoms with E-state index in [0.717, 1.165) is 17.1 Å². The van der Waals surface area contributed by atoms with Crippen LogP contribution in [0.15, 0.2) is 255 Å². The van der Waals surface area contributed by atoms with Crippen molar-refractivity contribution in [2.75, 3.05) is 4.90 Å². The minimum atomic E-state index is -0.239. The van der Waals surface area contributed by atoms with Crippen LogP contribution in [0, 0.1) is 0 Å². The van der Waals surface area contributed by atoms with Crippen molar-refractivity contribution in [1.82, 2.24) is 13.7 Å². The van der Waals surface area contributed by atoms with Gasteiger partial charge in [0.1, 0.15) is 0 Å². The summed E-state index contributed by atoms with van der Waals surface area (Å²) in [6, 6.07) is 96.5. The second-order valence-electron chi connectivity index (χ2n) is 25.7. The van der Waals surface area contributed by atoms with Gasteiger partial charge in [0, 0.05) is 65.6 Å². The van der Waals surface area contributed by atoms with Gasteiger partial charge in [-0.05, 0) is 176 Å². The van der Waals surface area contributed by atoms with E-state index in [1.165, 1.54) is 149 Å². The molecule has 4 heteroatoms. The van der Waals surface area contributed by atoms with Gasteiger partial charge in [0.2, 0.25) is 0 Å². The number of aromatic nitrogens is 3. The summed E-state index contributed by atoms with van der Waals surface area (Å²) in [6.07, 6.45) is 0. The molecule has 404 valence electrons. The average molecular weight is 1090 g/mol. The smallest absolute Gasteiger partial charge is 0.0582 e. The summed E-state index contributed by atoms with van der Waals surface area (Å²) in [5.41, 5.74) is 29.1. The summed E-state index contributed by atoms with van der Waals surface area (Å²) in [5, 5.41) is 7.45. The van der Waals surface area contributed by atoms with Crippen LogP contribution in [0.3, 0.4) is 0 Å². The summed E-state index contributed by atoms with van der Waals surface area (Å²) in [7, 11) is 0. The van der Waals surface area contributed by atoms with Crippen LogP contribution in [0.2, 0.25) is 0 Å². The number of rotatable bonds is 6. The number of anilines is 3. The zero-order chi connectivity index (χ0) is 56.8. The fourth-order valence-electron chi connectivity index (χ4n) is 15.9. The molecule has 12 aromatic carbocycles. The molecule has 0 bridgehead atoms. The van der Waals surface area contributed by atoms with Gasteiger partial charge in [0.25, 0.3) is 0 Å². The van der Waals surface area contributed by atoms with Crippen molar-refractivity contribution in [1.29, 1.82) is 0 Å². The highest BCUT2D eigenvalue weighted by atomic mass is 15.1. The van der Waals surface area contributed by atoms with Crippen LogP contribution in [-0.4, -0.2) is 13.7 Å². The number of nitrogens with zero attached hydrogens (tertiary/aromatic N) is 4. The molecule has 0 radical (unpaired) electrons. The minimum absolute atomic E-state index is 0.239. The Labute approximate surface area is 494 Å². The van der Waals surface area contributed by atoms with Crippen molar-refractivity contribution in [3.63, 3.8) is 0 Å². The minimum Gasteiger partial charge on any atom is -0.310 e. The van der Waals surface area contributed by atoms with Crippen molar-refractivity contribution in [3.8, 4) is 50.4 Å². The van der Waals surface area contributed by atoms with Gasteiger partial charge in [0.05, 0.1) is 50.2 Å². The number of benzene rings is 12. The molecule has 4 nitrogen and oxygen atoms in total. The topological polar surface area (TPSA) is 18.0 Å². The van der Waals surface area contributed by atoms with Gasteiger partial charge in [-0.2, -0.15) is 0 Å². The van der Waals surface area contributed by atoms with E-state index in [1.807, 2.05) is 0 Å². The first-order valence-corrected chi connectivity index (χ1v) is 30.1. The van der Waals surface area contributed by atoms with Gasteiger partial charge in [-0.15, -0.1) is 0 Å². The Morgan fingerprint density at radius 1 is 0.235 bits per heavy atom. The summed E-state index contributed by atoms with van der Waals surface area (Å²) in [6.45, 7) is 14.4. The first-order chi connectivity index (χ1) is 41.4. The lowest BCUT2D eigenvalue weighted by atomic mass is 9.74. The predicted octanol–water partition coefficient (Wildman–Crippen LogP) is 21.4. The van der Waals surface area contributed by atoms with Gasteiger partial charge in [-0.3, -0.25) is 0 Å². The van der Waals surface area contributed by atoms with Crippen molar-refractivity contribution < 1.29 is 0 Å². The van der Waals surface area contributed by atoms with Crippen LogP contribution in [-0.2, 0) is 16.2 Å². The lowest BCUT2D eigenvalue weighted by Gasteiger charge is -2.35. The highest BCUT2D eigenvalue weighted by molar-refractivity contribution is 6.18. The summed E-state index contributed by atoms with van der Waals surface area (Å²) in [5.74, 6) is 0. The SMILES string of the molecule is CC1(C)c2ccccc2-n2c3ccc(N(c4ccc5c(c4)c4cc(-c6ccccc6)cc6c4n5-c4ccccc4C6(C)C)c4ccc5c(c4)c4cc(-c6ccccc6)cc6c4n5-c4ccccc4C6(C)C)cc3c3cc(-c4ccccc4)cc1c32. The van der Waals surface area contributed by atoms with Crippen molar-refractivity contribution in [2.45, 2.75) is 57.8 Å². The first-order valence-electron chi connectivity index (χ1n) is 30.1. The Morgan fingerprint density at radius 3 is 0.800 bits per heavy atom. The van der Waals surface area contributed by atoms with Crippen LogP contribution in [0.4, 0.5) is 17.1 Å². The highest BCUT2D eigenvalue weighted by Crippen LogP contribution is 2.55. The van der Waals surface area contributed by atoms with E-state index in [1.54, 1.807) is 0 Å². The third-order valence-electron chi connectivity index (χ3n) is 20.1. The van der Waals surface area contributed by atoms with Crippen molar-refractivity contribution in [3.05, 3.63) is 288 Å². The third kappa shape index (κ3) is 6.52. The number of hydrogen-bond donors (Lipinski definition) is 0. The Kier molecular flexibility index (Phi) is 9.67. The van der Waals surface area contributed by atoms with E-state index in [4.69, 9.17) is 0 Å². The molecule has 0 saturated carbocycles. The van der Waals surface area contributed by atoms with Crippen molar-refractivity contribution in [2.24, 2.45) is 0 Å². The molecule has 0 spiro atoms. The molecule has 0 unspecified atom stereocenters. The average Bonchev–Trinajstić information content (AvgIpc) is 1.75. The van der Waals surface area contributed by atoms with Gasteiger partial charge < -0.3 is 18.6 Å². The first kappa shape index (κ1) is 48.4. The van der Waals surface area contributed by atoms with Crippen LogP contribution < -0.4 is 4.90 Å². The second kappa shape index (κ2) is 17.0. The lowest BCUT2D eigenvalue weighted by Crippen LogP contribution is -2.26. The van der Waals surface area contributed by atoms with Gasteiger partial charge >= 0.3 is 0 Å². The summed E-state index contributed by atoms with van der Waals surface area (Å²) >= 11 is 0. The number of para-hydroxylation sites is 3. The van der Waals surface area contributed by atoms with E-state index in [2.05, 4.69) is 315 Å². The fraction of sp³-hybridized carbons (Fsp3) is 0.111. The van der Waals surface area contributed by atoms with Gasteiger partial charge in [-0.1, -0.05) is 187 Å². The van der Waals surface area contributed by atoms with E-state index in [9.17, 15) is 0 Å². The Balaban J connectivity index is 0.949. The quantitative estimate of drug-likeness (QED) is 0.162. The molecule has 0 amide bonds. The third-order valence-corrected chi connectivity index (χ3v) is 20.1. The van der Waals surface area contributed by atoms with Crippen LogP contribution in [0.5, 0.6) is 0 Å². The summed E-state index contributed by atoms with van der Waals surface area (Å²) < 4.78 is 7.66. The van der Waals surface area contributed by atoms with Crippen LogP contribution in [0.1, 0.15) is 74.9 Å². The van der Waals surface area contributed by atoms with E-state index in [-0.39, 0.29) is 16.2 Å². The molecule has 0 N–H and O–H groups in total. The molecular formula is C81H60N4. The molecule has 0 saturated heterocycles. The second-order valence-corrected chi connectivity index (χ2v) is 25.7. The van der Waals surface area contributed by atoms with E-state index < -0.39 is 0 Å². The molecular weight excluding hydrogens is 1030 g/mol. The number of fused-ring (bicyclic) bond motifs is 15. The summed E-state index contributed by atoms with van der Waals surface area (Å²) in [4.78, 5) is 2.55. The molecule has 6 heterocycles. The van der Waals surface area contributed by atoms with Gasteiger partial charge in [0.15, 0.2) is 0 Å². The molecule has 18 rings (SSSR count). The highest BCUT2D eigenvalue weighted by Gasteiger charge is 2.39. The molecule has 0 aliphatic carbocycles. The Bertz CT molecular complexity index is 4840. The number of hydrogen-bond acceptors (Lipinski definition) is 1. The zero-order valence-corrected chi connectivity index (χ0v) is 48.5.